The second-order valence-corrected chi connectivity index (χ2v) is 19.7. The van der Waals surface area contributed by atoms with Crippen molar-refractivity contribution in [3.8, 4) is 11.5 Å². The quantitative estimate of drug-likeness (QED) is 0.0571. The molecule has 7 rings (SSSR count). The summed E-state index contributed by atoms with van der Waals surface area (Å²) in [5.74, 6) is -3.78. The summed E-state index contributed by atoms with van der Waals surface area (Å²) < 4.78 is 82.1. The van der Waals surface area contributed by atoms with Gasteiger partial charge < -0.3 is 29.2 Å². The number of hydrogen-bond acceptors (Lipinski definition) is 12. The van der Waals surface area contributed by atoms with Crippen molar-refractivity contribution in [2.75, 3.05) is 43.6 Å². The maximum absolute atomic E-state index is 13.7. The summed E-state index contributed by atoms with van der Waals surface area (Å²) in [4.78, 5) is 53.5. The Kier molecular flexibility index (Phi) is 13.0. The molecule has 4 heterocycles. The van der Waals surface area contributed by atoms with Crippen LogP contribution in [0.15, 0.2) is 66.8 Å². The van der Waals surface area contributed by atoms with Crippen molar-refractivity contribution >= 4 is 66.3 Å². The van der Waals surface area contributed by atoms with Crippen LogP contribution in [-0.2, 0) is 29.8 Å². The van der Waals surface area contributed by atoms with Crippen molar-refractivity contribution < 1.29 is 84.5 Å². The van der Waals surface area contributed by atoms with Gasteiger partial charge in [0.15, 0.2) is 5.54 Å². The Balaban J connectivity index is 0.00000661. The van der Waals surface area contributed by atoms with Gasteiger partial charge in [0.2, 0.25) is 5.36 Å². The van der Waals surface area contributed by atoms with E-state index in [2.05, 4.69) is 5.32 Å². The summed E-state index contributed by atoms with van der Waals surface area (Å²) in [6, 6.07) is 10.7. The number of ether oxygens (including phenoxy) is 1. The Hall–Kier alpha value is -4.95. The molecule has 0 spiro atoms. The predicted molar refractivity (Wildman–Crippen MR) is 228 cm³/mol. The summed E-state index contributed by atoms with van der Waals surface area (Å²) >= 11 is 0. The number of nitrogens with zero attached hydrogens (tertiary/aromatic N) is 3. The minimum absolute atomic E-state index is 0. The van der Waals surface area contributed by atoms with Crippen LogP contribution in [0.5, 0.6) is 11.5 Å². The summed E-state index contributed by atoms with van der Waals surface area (Å²) in [7, 11) is -5.97. The molecule has 0 atom stereocenters. The number of amides is 3. The van der Waals surface area contributed by atoms with Crippen LogP contribution in [-0.4, -0.2) is 109 Å². The second-order valence-electron chi connectivity index (χ2n) is 16.9. The Bertz CT molecular complexity index is 2950. The maximum atomic E-state index is 13.7. The van der Waals surface area contributed by atoms with Crippen molar-refractivity contribution in [3.05, 3.63) is 111 Å². The zero-order chi connectivity index (χ0) is 45.3. The molecule has 19 heteroatoms. The van der Waals surface area contributed by atoms with Crippen molar-refractivity contribution in [2.45, 2.75) is 58.0 Å². The monoisotopic (exact) mass is 908 g/mol. The van der Waals surface area contributed by atoms with E-state index in [1.165, 1.54) is 30.4 Å². The molecule has 0 saturated heterocycles. The molecule has 2 N–H and O–H groups in total. The van der Waals surface area contributed by atoms with Gasteiger partial charge in [-0.15, -0.1) is 0 Å². The minimum Gasteiger partial charge on any atom is -0.748 e. The number of fused-ring (bicyclic) bond motifs is 4. The number of anilines is 1. The molecule has 16 nitrogen and oxygen atoms in total. The fourth-order valence-electron chi connectivity index (χ4n) is 8.37. The van der Waals surface area contributed by atoms with Crippen LogP contribution in [0.2, 0.25) is 0 Å². The van der Waals surface area contributed by atoms with Crippen LogP contribution in [0.4, 0.5) is 5.69 Å². The fraction of sp³-hybridized carbons (Fsp3) is 0.341. The number of carboxylic acid groups (broad SMARTS) is 1. The average Bonchev–Trinajstić information content (AvgIpc) is 3.49. The molecule has 4 aliphatic rings. The number of benzene rings is 3. The molecular formula is C44H45N4NaO12S2. The van der Waals surface area contributed by atoms with Crippen LogP contribution in [0.25, 0.3) is 16.7 Å². The number of imide groups is 1. The van der Waals surface area contributed by atoms with E-state index in [1.807, 2.05) is 37.2 Å². The first-order valence-corrected chi connectivity index (χ1v) is 22.9. The molecule has 3 aromatic rings. The largest absolute Gasteiger partial charge is 1.00 e. The summed E-state index contributed by atoms with van der Waals surface area (Å²) in [6.07, 6.45) is 7.42. The van der Waals surface area contributed by atoms with E-state index < -0.39 is 54.7 Å². The van der Waals surface area contributed by atoms with Gasteiger partial charge in [0, 0.05) is 85.4 Å². The van der Waals surface area contributed by atoms with Gasteiger partial charge in [0.25, 0.3) is 17.7 Å². The van der Waals surface area contributed by atoms with E-state index in [1.54, 1.807) is 50.5 Å². The average molecular weight is 909 g/mol. The summed E-state index contributed by atoms with van der Waals surface area (Å²) in [6.45, 7) is 7.88. The third kappa shape index (κ3) is 9.62. The summed E-state index contributed by atoms with van der Waals surface area (Å²) in [5.41, 5.74) is 0.688. The molecule has 63 heavy (non-hydrogen) atoms. The van der Waals surface area contributed by atoms with Crippen molar-refractivity contribution in [3.63, 3.8) is 0 Å². The number of aromatic carboxylic acids is 1. The van der Waals surface area contributed by atoms with E-state index >= 15 is 0 Å². The first-order valence-electron chi connectivity index (χ1n) is 19.8. The molecule has 0 bridgehead atoms. The topological polar surface area (TPSA) is 234 Å². The summed E-state index contributed by atoms with van der Waals surface area (Å²) in [5, 5.41) is 14.3. The van der Waals surface area contributed by atoms with Gasteiger partial charge in [-0.1, -0.05) is 6.08 Å². The van der Waals surface area contributed by atoms with Crippen LogP contribution in [0.1, 0.15) is 89.9 Å². The zero-order valence-corrected chi connectivity index (χ0v) is 39.5. The molecule has 4 aliphatic heterocycles. The number of carbonyl (C=O) groups is 4. The number of carbonyl (C=O) groups excluding carboxylic acids is 3. The molecule has 0 unspecified atom stereocenters. The molecule has 0 aromatic heterocycles. The Labute approximate surface area is 387 Å². The van der Waals surface area contributed by atoms with E-state index in [-0.39, 0.29) is 110 Å². The van der Waals surface area contributed by atoms with Crippen LogP contribution < -0.4 is 59.7 Å². The number of carboxylic acids is 1. The maximum Gasteiger partial charge on any atom is 1.00 e. The number of likely N-dealkylation sites (N-methyl/N-ethyl adjacent to an activating group) is 2. The second kappa shape index (κ2) is 17.2. The molecule has 3 aromatic carbocycles. The Morgan fingerprint density at radius 1 is 0.810 bits per heavy atom. The molecule has 326 valence electrons. The van der Waals surface area contributed by atoms with Crippen LogP contribution in [0, 0.1) is 0 Å². The number of rotatable bonds is 13. The van der Waals surface area contributed by atoms with Gasteiger partial charge in [-0.3, -0.25) is 19.3 Å². The van der Waals surface area contributed by atoms with Crippen LogP contribution in [0.3, 0.4) is 0 Å². The van der Waals surface area contributed by atoms with Gasteiger partial charge in [0.05, 0.1) is 54.5 Å². The Morgan fingerprint density at radius 3 is 2.06 bits per heavy atom. The van der Waals surface area contributed by atoms with Gasteiger partial charge in [-0.25, -0.2) is 26.2 Å². The smallest absolute Gasteiger partial charge is 0.748 e. The molecule has 3 amide bonds. The van der Waals surface area contributed by atoms with Gasteiger partial charge in [0.1, 0.15) is 18.5 Å². The van der Waals surface area contributed by atoms with E-state index in [4.69, 9.17) is 4.74 Å². The van der Waals surface area contributed by atoms with E-state index in [9.17, 15) is 50.2 Å². The van der Waals surface area contributed by atoms with E-state index in [0.717, 1.165) is 4.90 Å². The van der Waals surface area contributed by atoms with Gasteiger partial charge >= 0.3 is 35.5 Å². The molecule has 0 aliphatic carbocycles. The minimum atomic E-state index is -4.78. The molecule has 0 radical (unpaired) electrons. The molecule has 0 fully saturated rings. The first-order chi connectivity index (χ1) is 28.8. The standard InChI is InChI=1S/C44H46N4O12S2.Na/c1-43(2)21-26(23-61(54,55)56)29-17-32-36(19-34(29)46(43)5)60-37-20-35-30(27(24-62(57,58)59)22-44(3,4)47(35)6)18-33(37)40(32)31-16-25(10-11-28(31)42(52)53)41(51)45-14-8-7-9-15-48-38(49)12-13-39(48)50;/h10-13,16-22H,7-9,14-15,23-24H2,1-6H3,(H3-,45,51,52,53,54,55,56,57,58,59);/q;+1/p-1. The van der Waals surface area contributed by atoms with E-state index in [0.29, 0.717) is 41.4 Å². The third-order valence-electron chi connectivity index (χ3n) is 11.8. The first kappa shape index (κ1) is 47.5. The molecular weight excluding hydrogens is 864 g/mol. The molecule has 0 saturated carbocycles. The Morgan fingerprint density at radius 2 is 1.44 bits per heavy atom. The number of hydrogen-bond donors (Lipinski definition) is 2. The zero-order valence-electron chi connectivity index (χ0n) is 35.9. The number of nitrogens with one attached hydrogen (secondary N) is 1. The van der Waals surface area contributed by atoms with Crippen molar-refractivity contribution in [1.29, 1.82) is 0 Å². The van der Waals surface area contributed by atoms with Crippen molar-refractivity contribution in [1.82, 2.24) is 14.8 Å². The van der Waals surface area contributed by atoms with Crippen molar-refractivity contribution in [2.24, 2.45) is 0 Å². The van der Waals surface area contributed by atoms with Gasteiger partial charge in [-0.05, 0) is 86.2 Å². The predicted octanol–water partition coefficient (Wildman–Crippen LogP) is -0.434. The fourth-order valence-corrected chi connectivity index (χ4v) is 9.61. The normalized spacial score (nSPS) is 17.1. The third-order valence-corrected chi connectivity index (χ3v) is 13.2. The van der Waals surface area contributed by atoms with Crippen LogP contribution >= 0.6 is 0 Å². The SMILES string of the molecule is CN1c2cc3c(cc2C(CS(=O)(=O)[O-])=CC1(C)C)C(c1cc(C(=O)NCCCCCN2C(=O)C=CC2=O)ccc1C(=O)O)=c1cc2c(cc1O3)=[N+](C)C(C)(C)C=C2CS(=O)(=O)[O-].[Na+]. The van der Waals surface area contributed by atoms with Gasteiger partial charge in [-0.2, -0.15) is 0 Å². The number of unbranched alkanes of at least 4 members (excludes halogenated alkanes) is 2.